The summed E-state index contributed by atoms with van der Waals surface area (Å²) in [6.07, 6.45) is 1.49. The number of hydrogen-bond donors (Lipinski definition) is 2. The molecule has 1 aromatic heterocycles. The Morgan fingerprint density at radius 1 is 1.06 bits per heavy atom. The Kier molecular flexibility index (Phi) is 8.02. The number of carbonyl (C=O) groups excluding carboxylic acids is 1. The fraction of sp³-hybridized carbons (Fsp3) is 0.185. The number of ether oxygens (including phenoxy) is 1. The van der Waals surface area contributed by atoms with Gasteiger partial charge in [-0.2, -0.15) is 5.10 Å². The molecule has 3 aromatic carbocycles. The molecule has 0 saturated carbocycles. The molecule has 4 aromatic rings. The van der Waals surface area contributed by atoms with Gasteiger partial charge in [-0.3, -0.25) is 9.36 Å². The van der Waals surface area contributed by atoms with Gasteiger partial charge in [-0.05, 0) is 56.7 Å². The summed E-state index contributed by atoms with van der Waals surface area (Å²) in [4.78, 5) is 12.5. The third-order valence-electron chi connectivity index (χ3n) is 5.25. The summed E-state index contributed by atoms with van der Waals surface area (Å²) in [5.74, 6) is 0.947. The minimum Gasteiger partial charge on any atom is -0.504 e. The Hall–Kier alpha value is -4.11. The molecule has 0 aliphatic heterocycles. The number of amides is 1. The number of hydrogen-bond acceptors (Lipinski definition) is 7. The van der Waals surface area contributed by atoms with Gasteiger partial charge >= 0.3 is 0 Å². The van der Waals surface area contributed by atoms with Crippen molar-refractivity contribution in [3.63, 3.8) is 0 Å². The molecule has 0 radical (unpaired) electrons. The monoisotopic (exact) mass is 501 g/mol. The first kappa shape index (κ1) is 25.0. The second-order valence-corrected chi connectivity index (χ2v) is 9.03. The van der Waals surface area contributed by atoms with Crippen LogP contribution in [0.25, 0.3) is 17.1 Å². The SMILES string of the molecule is CCOc1cc(C=NNC(=O)CSc2nnc(-c3ccc(C)cc3)n2-c2ccc(C)cc2)ccc1O. The molecular formula is C27H27N5O3S. The number of hydrazone groups is 1. The summed E-state index contributed by atoms with van der Waals surface area (Å²) in [6, 6.07) is 21.0. The first-order valence-electron chi connectivity index (χ1n) is 11.4. The maximum Gasteiger partial charge on any atom is 0.250 e. The highest BCUT2D eigenvalue weighted by molar-refractivity contribution is 7.99. The van der Waals surface area contributed by atoms with Crippen LogP contribution >= 0.6 is 11.8 Å². The van der Waals surface area contributed by atoms with E-state index in [1.165, 1.54) is 24.0 Å². The van der Waals surface area contributed by atoms with E-state index >= 15 is 0 Å². The summed E-state index contributed by atoms with van der Waals surface area (Å²) in [5.41, 5.74) is 7.38. The zero-order chi connectivity index (χ0) is 25.5. The zero-order valence-corrected chi connectivity index (χ0v) is 21.1. The maximum absolute atomic E-state index is 12.5. The lowest BCUT2D eigenvalue weighted by molar-refractivity contribution is -0.118. The number of nitrogens with one attached hydrogen (secondary N) is 1. The summed E-state index contributed by atoms with van der Waals surface area (Å²) < 4.78 is 7.32. The standard InChI is InChI=1S/C27H27N5O3S/c1-4-35-24-15-20(9-14-23(24)33)16-28-29-25(34)17-36-27-31-30-26(21-10-5-18(2)6-11-21)32(27)22-12-7-19(3)8-13-22/h5-16,33H,4,17H2,1-3H3,(H,29,34). The first-order valence-corrected chi connectivity index (χ1v) is 12.4. The molecule has 36 heavy (non-hydrogen) atoms. The van der Waals surface area contributed by atoms with E-state index in [2.05, 4.69) is 20.7 Å². The van der Waals surface area contributed by atoms with Crippen LogP contribution in [0.4, 0.5) is 0 Å². The number of aromatic nitrogens is 3. The van der Waals surface area contributed by atoms with Crippen molar-refractivity contribution in [1.82, 2.24) is 20.2 Å². The van der Waals surface area contributed by atoms with Crippen LogP contribution in [0, 0.1) is 13.8 Å². The molecule has 0 bridgehead atoms. The largest absolute Gasteiger partial charge is 0.504 e. The van der Waals surface area contributed by atoms with Gasteiger partial charge in [0.1, 0.15) is 0 Å². The van der Waals surface area contributed by atoms with Gasteiger partial charge in [0.25, 0.3) is 5.91 Å². The molecule has 1 heterocycles. The molecule has 9 heteroatoms. The number of thioether (sulfide) groups is 1. The van der Waals surface area contributed by atoms with Crippen molar-refractivity contribution >= 4 is 23.9 Å². The molecule has 8 nitrogen and oxygen atoms in total. The Balaban J connectivity index is 1.47. The minimum absolute atomic E-state index is 0.0529. The van der Waals surface area contributed by atoms with Gasteiger partial charge in [0.15, 0.2) is 22.5 Å². The molecule has 4 rings (SSSR count). The second-order valence-electron chi connectivity index (χ2n) is 8.09. The topological polar surface area (TPSA) is 102 Å². The molecule has 2 N–H and O–H groups in total. The molecule has 0 fully saturated rings. The Morgan fingerprint density at radius 2 is 1.75 bits per heavy atom. The van der Waals surface area contributed by atoms with E-state index in [1.54, 1.807) is 12.1 Å². The second kappa shape index (κ2) is 11.5. The number of phenols is 1. The van der Waals surface area contributed by atoms with E-state index < -0.39 is 0 Å². The van der Waals surface area contributed by atoms with Crippen molar-refractivity contribution in [2.45, 2.75) is 25.9 Å². The quantitative estimate of drug-likeness (QED) is 0.192. The third kappa shape index (κ3) is 6.11. The number of carbonyl (C=O) groups is 1. The average molecular weight is 502 g/mol. The van der Waals surface area contributed by atoms with Crippen LogP contribution < -0.4 is 10.2 Å². The highest BCUT2D eigenvalue weighted by Gasteiger charge is 2.17. The Labute approximate surface area is 214 Å². The van der Waals surface area contributed by atoms with Gasteiger partial charge in [0.05, 0.1) is 18.6 Å². The van der Waals surface area contributed by atoms with Gasteiger partial charge in [-0.1, -0.05) is 59.3 Å². The van der Waals surface area contributed by atoms with Crippen LogP contribution in [0.1, 0.15) is 23.6 Å². The molecule has 0 saturated heterocycles. The summed E-state index contributed by atoms with van der Waals surface area (Å²) >= 11 is 1.28. The van der Waals surface area contributed by atoms with Gasteiger partial charge in [0.2, 0.25) is 0 Å². The van der Waals surface area contributed by atoms with Gasteiger partial charge in [0, 0.05) is 11.3 Å². The molecule has 0 spiro atoms. The molecule has 0 atom stereocenters. The summed E-state index contributed by atoms with van der Waals surface area (Å²) in [5, 5.41) is 23.2. The van der Waals surface area contributed by atoms with Crippen LogP contribution in [0.2, 0.25) is 0 Å². The number of phenolic OH excluding ortho intramolecular Hbond substituents is 1. The van der Waals surface area contributed by atoms with Crippen LogP contribution in [-0.4, -0.2) is 44.4 Å². The summed E-state index contributed by atoms with van der Waals surface area (Å²) in [7, 11) is 0. The van der Waals surface area contributed by atoms with Crippen LogP contribution in [0.5, 0.6) is 11.5 Å². The number of benzene rings is 3. The van der Waals surface area contributed by atoms with Gasteiger partial charge in [-0.15, -0.1) is 10.2 Å². The lowest BCUT2D eigenvalue weighted by atomic mass is 10.1. The van der Waals surface area contributed by atoms with Crippen molar-refractivity contribution in [3.8, 4) is 28.6 Å². The highest BCUT2D eigenvalue weighted by atomic mass is 32.2. The normalized spacial score (nSPS) is 11.1. The molecule has 1 amide bonds. The van der Waals surface area contributed by atoms with E-state index in [0.717, 1.165) is 22.4 Å². The lowest BCUT2D eigenvalue weighted by Gasteiger charge is -2.11. The van der Waals surface area contributed by atoms with Crippen molar-refractivity contribution in [2.24, 2.45) is 5.10 Å². The van der Waals surface area contributed by atoms with Crippen molar-refractivity contribution in [1.29, 1.82) is 0 Å². The lowest BCUT2D eigenvalue weighted by Crippen LogP contribution is -2.20. The van der Waals surface area contributed by atoms with E-state index in [4.69, 9.17) is 4.74 Å². The van der Waals surface area contributed by atoms with Crippen molar-refractivity contribution in [3.05, 3.63) is 83.4 Å². The molecule has 0 unspecified atom stereocenters. The van der Waals surface area contributed by atoms with E-state index in [-0.39, 0.29) is 17.4 Å². The first-order chi connectivity index (χ1) is 17.4. The predicted molar refractivity (Wildman–Crippen MR) is 142 cm³/mol. The maximum atomic E-state index is 12.5. The molecule has 184 valence electrons. The minimum atomic E-state index is -0.282. The number of rotatable bonds is 9. The van der Waals surface area contributed by atoms with Gasteiger partial charge < -0.3 is 9.84 Å². The Bertz CT molecular complexity index is 1370. The summed E-state index contributed by atoms with van der Waals surface area (Å²) in [6.45, 7) is 6.34. The van der Waals surface area contributed by atoms with E-state index in [9.17, 15) is 9.90 Å². The van der Waals surface area contributed by atoms with E-state index in [1.807, 2.05) is 73.9 Å². The highest BCUT2D eigenvalue weighted by Crippen LogP contribution is 2.28. The van der Waals surface area contributed by atoms with Gasteiger partial charge in [-0.25, -0.2) is 5.43 Å². The fourth-order valence-corrected chi connectivity index (χ4v) is 4.15. The number of aromatic hydroxyl groups is 1. The van der Waals surface area contributed by atoms with Crippen LogP contribution in [-0.2, 0) is 4.79 Å². The fourth-order valence-electron chi connectivity index (χ4n) is 3.40. The number of aryl methyl sites for hydroxylation is 2. The molecule has 0 aliphatic carbocycles. The third-order valence-corrected chi connectivity index (χ3v) is 6.18. The zero-order valence-electron chi connectivity index (χ0n) is 20.3. The number of nitrogens with zero attached hydrogens (tertiary/aromatic N) is 4. The average Bonchev–Trinajstić information content (AvgIpc) is 3.29. The predicted octanol–water partition coefficient (Wildman–Crippen LogP) is 4.90. The van der Waals surface area contributed by atoms with Crippen LogP contribution in [0.3, 0.4) is 0 Å². The van der Waals surface area contributed by atoms with Crippen molar-refractivity contribution < 1.29 is 14.6 Å². The smallest absolute Gasteiger partial charge is 0.250 e. The molecule has 0 aliphatic rings. The van der Waals surface area contributed by atoms with Crippen molar-refractivity contribution in [2.75, 3.05) is 12.4 Å². The van der Waals surface area contributed by atoms with Crippen LogP contribution in [0.15, 0.2) is 77.0 Å². The van der Waals surface area contributed by atoms with E-state index in [0.29, 0.717) is 28.9 Å². The molecular weight excluding hydrogens is 474 g/mol. The Morgan fingerprint density at radius 3 is 2.44 bits per heavy atom.